The number of hydrogen-bond acceptors (Lipinski definition) is 4. The second-order valence-corrected chi connectivity index (χ2v) is 25.1. The van der Waals surface area contributed by atoms with Crippen LogP contribution in [0.5, 0.6) is 0 Å². The maximum absolute atomic E-state index is 10.8. The van der Waals surface area contributed by atoms with E-state index < -0.39 is 0 Å². The van der Waals surface area contributed by atoms with Crippen LogP contribution in [0.1, 0.15) is 55.1 Å². The predicted molar refractivity (Wildman–Crippen MR) is 377 cm³/mol. The lowest BCUT2D eigenvalue weighted by Gasteiger charge is -2.45. The monoisotopic (exact) mass is 1160 g/mol. The molecule has 0 unspecified atom stereocenters. The van der Waals surface area contributed by atoms with Crippen LogP contribution in [-0.2, 0) is 11.8 Å². The average Bonchev–Trinajstić information content (AvgIpc) is 1.61. The highest BCUT2D eigenvalue weighted by Gasteiger charge is 2.46. The molecule has 17 rings (SSSR count). The zero-order valence-electron chi connectivity index (χ0n) is 50.6. The summed E-state index contributed by atoms with van der Waals surface area (Å²) in [5, 5.41) is 25.0. The number of rotatable bonds is 8. The number of nitrogens with zero attached hydrogens (tertiary/aromatic N) is 6. The number of aromatic nitrogens is 2. The molecule has 2 aromatic heterocycles. The molecular weight excluding hydrogens is 1100 g/mol. The number of anilines is 6. The molecule has 2 aliphatic heterocycles. The minimum Gasteiger partial charge on any atom is -0.312 e. The van der Waals surface area contributed by atoms with Crippen molar-refractivity contribution in [3.05, 3.63) is 301 Å². The highest BCUT2D eigenvalue weighted by Crippen LogP contribution is 2.51. The normalized spacial score (nSPS) is 12.9. The lowest BCUT2D eigenvalue weighted by molar-refractivity contribution is 0.590. The van der Waals surface area contributed by atoms with Crippen LogP contribution < -0.4 is 26.2 Å². The van der Waals surface area contributed by atoms with Gasteiger partial charge in [-0.2, -0.15) is 10.5 Å². The lowest BCUT2D eigenvalue weighted by Crippen LogP contribution is -2.61. The molecule has 3 aliphatic rings. The van der Waals surface area contributed by atoms with Gasteiger partial charge in [0, 0.05) is 77.8 Å². The SMILES string of the molecule is CC(C)(C)c1cc2c3c(c1)N(c1ccccc1-c1ccccc1)c1cc(-c4cc(C#N)ccc4-n4c5ccccc5c5ccccc54)ccc1B3c1c#cc(-c3cc(C#N)ccc3-n3c4c(c5ccccc53)C=CCC4)cc1N2c1ccccc1-c1ccccc1. The van der Waals surface area contributed by atoms with E-state index in [-0.39, 0.29) is 12.1 Å². The van der Waals surface area contributed by atoms with E-state index in [1.807, 2.05) is 18.2 Å². The van der Waals surface area contributed by atoms with Gasteiger partial charge in [0.15, 0.2) is 0 Å². The van der Waals surface area contributed by atoms with Crippen molar-refractivity contribution in [3.8, 4) is 68.0 Å². The van der Waals surface area contributed by atoms with E-state index in [4.69, 9.17) is 0 Å². The molecule has 0 bridgehead atoms. The van der Waals surface area contributed by atoms with E-state index in [0.717, 1.165) is 136 Å². The minimum atomic E-state index is -0.331. The number of nitriles is 2. The summed E-state index contributed by atoms with van der Waals surface area (Å²) in [4.78, 5) is 5.04. The topological polar surface area (TPSA) is 63.9 Å². The van der Waals surface area contributed by atoms with Gasteiger partial charge in [-0.3, -0.25) is 0 Å². The fourth-order valence-electron chi connectivity index (χ4n) is 14.8. The Morgan fingerprint density at radius 2 is 0.945 bits per heavy atom. The molecule has 1 aliphatic carbocycles. The second kappa shape index (κ2) is 20.9. The maximum Gasteiger partial charge on any atom is 0.262 e. The third kappa shape index (κ3) is 8.42. The van der Waals surface area contributed by atoms with Gasteiger partial charge in [0.05, 0.1) is 68.3 Å². The van der Waals surface area contributed by atoms with E-state index in [2.05, 4.69) is 313 Å². The zero-order chi connectivity index (χ0) is 61.1. The van der Waals surface area contributed by atoms with Crippen molar-refractivity contribution in [1.29, 1.82) is 10.5 Å². The Bertz CT molecular complexity index is 5400. The first-order valence-corrected chi connectivity index (χ1v) is 31.3. The van der Waals surface area contributed by atoms with Crippen LogP contribution in [0.4, 0.5) is 34.1 Å². The standard InChI is InChI=1S/C84H57BN6/c1-84(2,3)60-50-81-83-82(51-60)91(72-33-17-11-27-62(72)57-24-8-5-9-25-57)80-49-59(68-47-55(53-87)39-45-78(68)89-75-36-20-14-30-65(75)66-31-15-21-37-76(66)89)41-43-70(80)85(83)69-42-40-58(48-79(69)90(81)71-32-16-10-26-61(71)56-22-6-4-7-23-56)67-46-54(52-86)38-44-77(67)88-73-34-18-12-28-63(73)64-29-13-19-35-74(64)88/h4-20,22-36,38-40,42,44-51H,21,37H2,1-3H3. The highest BCUT2D eigenvalue weighted by atomic mass is 15.2. The third-order valence-electron chi connectivity index (χ3n) is 19.0. The Kier molecular flexibility index (Phi) is 12.3. The van der Waals surface area contributed by atoms with Gasteiger partial charge in [-0.15, -0.1) is 0 Å². The van der Waals surface area contributed by atoms with Crippen LogP contribution in [0.15, 0.2) is 261 Å². The van der Waals surface area contributed by atoms with Gasteiger partial charge in [-0.1, -0.05) is 209 Å². The van der Waals surface area contributed by atoms with Crippen molar-refractivity contribution >= 4 is 96.0 Å². The summed E-state index contributed by atoms with van der Waals surface area (Å²) in [6.07, 6.45) is 6.39. The molecule has 14 aromatic rings. The van der Waals surface area contributed by atoms with Crippen LogP contribution in [0.2, 0.25) is 0 Å². The molecule has 12 aromatic carbocycles. The Hall–Kier alpha value is -11.8. The van der Waals surface area contributed by atoms with Crippen LogP contribution in [-0.4, -0.2) is 15.8 Å². The molecule has 0 radical (unpaired) electrons. The summed E-state index contributed by atoms with van der Waals surface area (Å²) < 4.78 is 4.79. The van der Waals surface area contributed by atoms with Crippen LogP contribution in [0.3, 0.4) is 0 Å². The molecular formula is C84H57BN6. The molecule has 0 fully saturated rings. The summed E-state index contributed by atoms with van der Waals surface area (Å²) in [7, 11) is 0. The molecule has 0 amide bonds. The van der Waals surface area contributed by atoms with Crippen molar-refractivity contribution in [2.45, 2.75) is 39.0 Å². The first-order chi connectivity index (χ1) is 44.7. The summed E-state index contributed by atoms with van der Waals surface area (Å²) in [6, 6.07) is 104. The molecule has 91 heavy (non-hydrogen) atoms. The molecule has 0 saturated heterocycles. The number of fused-ring (bicyclic) bond motifs is 10. The average molecular weight is 1160 g/mol. The Morgan fingerprint density at radius 1 is 0.418 bits per heavy atom. The number of benzene rings is 11. The van der Waals surface area contributed by atoms with Gasteiger partial charge in [0.1, 0.15) is 0 Å². The smallest absolute Gasteiger partial charge is 0.262 e. The predicted octanol–water partition coefficient (Wildman–Crippen LogP) is 19.1. The molecule has 0 saturated carbocycles. The van der Waals surface area contributed by atoms with Crippen molar-refractivity contribution in [2.24, 2.45) is 0 Å². The van der Waals surface area contributed by atoms with Crippen LogP contribution in [0, 0.1) is 34.8 Å². The number of hydrogen-bond donors (Lipinski definition) is 0. The van der Waals surface area contributed by atoms with E-state index in [1.165, 1.54) is 33.0 Å². The molecule has 6 nitrogen and oxygen atoms in total. The van der Waals surface area contributed by atoms with Crippen molar-refractivity contribution < 1.29 is 0 Å². The summed E-state index contributed by atoms with van der Waals surface area (Å²) >= 11 is 0. The van der Waals surface area contributed by atoms with Crippen molar-refractivity contribution in [3.63, 3.8) is 0 Å². The first-order valence-electron chi connectivity index (χ1n) is 31.3. The second-order valence-electron chi connectivity index (χ2n) is 25.1. The molecule has 0 spiro atoms. The van der Waals surface area contributed by atoms with Crippen LogP contribution in [0.25, 0.3) is 94.7 Å². The highest BCUT2D eigenvalue weighted by molar-refractivity contribution is 7.00. The Labute approximate surface area is 530 Å². The number of para-hydroxylation sites is 5. The summed E-state index contributed by atoms with van der Waals surface area (Å²) in [5.41, 5.74) is 27.3. The largest absolute Gasteiger partial charge is 0.312 e. The van der Waals surface area contributed by atoms with E-state index in [0.29, 0.717) is 11.1 Å². The third-order valence-corrected chi connectivity index (χ3v) is 19.0. The lowest BCUT2D eigenvalue weighted by atomic mass is 9.33. The molecule has 0 N–H and O–H groups in total. The van der Waals surface area contributed by atoms with Gasteiger partial charge in [-0.25, -0.2) is 0 Å². The van der Waals surface area contributed by atoms with E-state index in [9.17, 15) is 10.5 Å². The van der Waals surface area contributed by atoms with Gasteiger partial charge in [-0.05, 0) is 142 Å². The first kappa shape index (κ1) is 53.4. The zero-order valence-corrected chi connectivity index (χ0v) is 50.6. The summed E-state index contributed by atoms with van der Waals surface area (Å²) in [6.45, 7) is 6.62. The van der Waals surface area contributed by atoms with Crippen LogP contribution >= 0.6 is 0 Å². The summed E-state index contributed by atoms with van der Waals surface area (Å²) in [5.74, 6) is 0. The van der Waals surface area contributed by atoms with Gasteiger partial charge in [0.25, 0.3) is 6.71 Å². The maximum atomic E-state index is 10.8. The van der Waals surface area contributed by atoms with Crippen molar-refractivity contribution in [1.82, 2.24) is 9.13 Å². The minimum absolute atomic E-state index is 0.310. The molecule has 4 heterocycles. The van der Waals surface area contributed by atoms with Crippen molar-refractivity contribution in [2.75, 3.05) is 9.80 Å². The van der Waals surface area contributed by atoms with E-state index >= 15 is 0 Å². The Balaban J connectivity index is 0.977. The van der Waals surface area contributed by atoms with Gasteiger partial charge in [0.2, 0.25) is 0 Å². The van der Waals surface area contributed by atoms with Gasteiger partial charge < -0.3 is 18.9 Å². The molecule has 426 valence electrons. The fourth-order valence-corrected chi connectivity index (χ4v) is 14.8. The van der Waals surface area contributed by atoms with E-state index in [1.54, 1.807) is 0 Å². The van der Waals surface area contributed by atoms with Gasteiger partial charge >= 0.3 is 0 Å². The Morgan fingerprint density at radius 3 is 1.55 bits per heavy atom. The molecule has 0 atom stereocenters. The fraction of sp³-hybridized carbons (Fsp3) is 0.0714. The molecule has 7 heteroatoms. The number of allylic oxidation sites excluding steroid dienone is 1. The quantitative estimate of drug-likeness (QED) is 0.142.